The van der Waals surface area contributed by atoms with Crippen LogP contribution < -0.4 is 16.0 Å². The van der Waals surface area contributed by atoms with Crippen molar-refractivity contribution >= 4 is 34.8 Å². The Morgan fingerprint density at radius 2 is 1.37 bits per heavy atom. The van der Waals surface area contributed by atoms with Crippen molar-refractivity contribution in [3.8, 4) is 0 Å². The van der Waals surface area contributed by atoms with Gasteiger partial charge in [-0.2, -0.15) is 0 Å². The summed E-state index contributed by atoms with van der Waals surface area (Å²) in [5.74, 6) is -2.56. The normalized spacial score (nSPS) is 14.7. The first-order valence-electron chi connectivity index (χ1n) is 8.80. The number of hydrogen-bond donors (Lipinski definition) is 3. The minimum atomic E-state index is -1.26. The fraction of sp³-hybridized carbons (Fsp3) is 0.286. The van der Waals surface area contributed by atoms with Crippen LogP contribution in [0.3, 0.4) is 0 Å². The van der Waals surface area contributed by atoms with Gasteiger partial charge in [0.1, 0.15) is 5.92 Å². The maximum Gasteiger partial charge on any atom is 0.238 e. The second kappa shape index (κ2) is 6.87. The van der Waals surface area contributed by atoms with E-state index in [1.807, 2.05) is 32.0 Å². The van der Waals surface area contributed by atoms with Gasteiger partial charge >= 0.3 is 0 Å². The third kappa shape index (κ3) is 3.43. The van der Waals surface area contributed by atoms with Crippen molar-refractivity contribution in [1.82, 2.24) is 0 Å². The van der Waals surface area contributed by atoms with Crippen LogP contribution >= 0.6 is 0 Å². The molecule has 0 unspecified atom stereocenters. The van der Waals surface area contributed by atoms with E-state index in [0.717, 1.165) is 11.1 Å². The van der Waals surface area contributed by atoms with Crippen molar-refractivity contribution < 1.29 is 14.4 Å². The lowest BCUT2D eigenvalue weighted by Gasteiger charge is -2.30. The third-order valence-corrected chi connectivity index (χ3v) is 4.99. The van der Waals surface area contributed by atoms with Gasteiger partial charge in [0, 0.05) is 5.69 Å². The zero-order valence-electron chi connectivity index (χ0n) is 15.8. The summed E-state index contributed by atoms with van der Waals surface area (Å²) in [4.78, 5) is 38.6. The maximum absolute atomic E-state index is 13.0. The van der Waals surface area contributed by atoms with Gasteiger partial charge < -0.3 is 16.0 Å². The summed E-state index contributed by atoms with van der Waals surface area (Å²) in [5, 5.41) is 8.40. The summed E-state index contributed by atoms with van der Waals surface area (Å²) in [5.41, 5.74) is 2.31. The van der Waals surface area contributed by atoms with Crippen LogP contribution in [0, 0.1) is 25.2 Å². The van der Waals surface area contributed by atoms with Crippen LogP contribution in [0.1, 0.15) is 25.0 Å². The topological polar surface area (TPSA) is 87.3 Å². The molecule has 27 heavy (non-hydrogen) atoms. The number of carbonyl (C=O) groups is 3. The molecular formula is C21H23N3O3. The Labute approximate surface area is 158 Å². The van der Waals surface area contributed by atoms with Crippen molar-refractivity contribution in [2.45, 2.75) is 27.7 Å². The van der Waals surface area contributed by atoms with Crippen molar-refractivity contribution in [3.63, 3.8) is 0 Å². The molecule has 0 atom stereocenters. The van der Waals surface area contributed by atoms with Crippen LogP contribution in [0.4, 0.5) is 17.1 Å². The number of fused-ring (bicyclic) bond motifs is 1. The highest BCUT2D eigenvalue weighted by Gasteiger charge is 2.47. The van der Waals surface area contributed by atoms with Crippen LogP contribution in [0.25, 0.3) is 0 Å². The predicted octanol–water partition coefficient (Wildman–Crippen LogP) is 3.48. The molecule has 2 aromatic carbocycles. The summed E-state index contributed by atoms with van der Waals surface area (Å²) in [7, 11) is 0. The molecule has 6 nitrogen and oxygen atoms in total. The highest BCUT2D eigenvalue weighted by Crippen LogP contribution is 2.35. The zero-order valence-corrected chi connectivity index (χ0v) is 15.8. The number of para-hydroxylation sites is 3. The third-order valence-electron chi connectivity index (χ3n) is 4.99. The lowest BCUT2D eigenvalue weighted by Crippen LogP contribution is -2.48. The molecule has 0 bridgehead atoms. The van der Waals surface area contributed by atoms with E-state index < -0.39 is 23.1 Å². The number of carbonyl (C=O) groups excluding carboxylic acids is 3. The van der Waals surface area contributed by atoms with Crippen molar-refractivity contribution in [1.29, 1.82) is 0 Å². The first-order chi connectivity index (χ1) is 12.7. The van der Waals surface area contributed by atoms with Gasteiger partial charge in [0.15, 0.2) is 0 Å². The second-order valence-corrected chi connectivity index (χ2v) is 7.40. The molecule has 3 amide bonds. The van der Waals surface area contributed by atoms with Gasteiger partial charge in [0.2, 0.25) is 17.7 Å². The number of anilines is 3. The molecule has 140 valence electrons. The molecule has 2 aromatic rings. The Balaban J connectivity index is 1.90. The van der Waals surface area contributed by atoms with Gasteiger partial charge in [-0.1, -0.05) is 30.3 Å². The fourth-order valence-electron chi connectivity index (χ4n) is 3.30. The Morgan fingerprint density at radius 1 is 0.889 bits per heavy atom. The quantitative estimate of drug-likeness (QED) is 0.728. The molecule has 0 aromatic heterocycles. The van der Waals surface area contributed by atoms with E-state index in [-0.39, 0.29) is 5.91 Å². The number of benzene rings is 2. The minimum absolute atomic E-state index is 0.388. The second-order valence-electron chi connectivity index (χ2n) is 7.40. The van der Waals surface area contributed by atoms with Gasteiger partial charge in [-0.05, 0) is 51.0 Å². The summed E-state index contributed by atoms with van der Waals surface area (Å²) < 4.78 is 0. The molecule has 0 saturated heterocycles. The monoisotopic (exact) mass is 365 g/mol. The van der Waals surface area contributed by atoms with E-state index in [1.165, 1.54) is 0 Å². The Bertz CT molecular complexity index is 877. The van der Waals surface area contributed by atoms with Crippen LogP contribution in [0.2, 0.25) is 0 Å². The average Bonchev–Trinajstić information content (AvgIpc) is 2.72. The van der Waals surface area contributed by atoms with Crippen LogP contribution in [0.15, 0.2) is 42.5 Å². The molecule has 0 fully saturated rings. The lowest BCUT2D eigenvalue weighted by molar-refractivity contribution is -0.141. The summed E-state index contributed by atoms with van der Waals surface area (Å²) >= 11 is 0. The van der Waals surface area contributed by atoms with Gasteiger partial charge in [0.05, 0.1) is 16.8 Å². The Hall–Kier alpha value is -3.15. The molecule has 6 heteroatoms. The Kier molecular flexibility index (Phi) is 4.74. The van der Waals surface area contributed by atoms with E-state index in [2.05, 4.69) is 16.0 Å². The number of amides is 3. The molecule has 0 aliphatic carbocycles. The molecule has 1 aliphatic heterocycles. The van der Waals surface area contributed by atoms with E-state index in [4.69, 9.17) is 0 Å². The van der Waals surface area contributed by atoms with Gasteiger partial charge in [-0.25, -0.2) is 0 Å². The minimum Gasteiger partial charge on any atom is -0.325 e. The fourth-order valence-corrected chi connectivity index (χ4v) is 3.30. The molecule has 1 heterocycles. The first kappa shape index (κ1) is 18.6. The highest BCUT2D eigenvalue weighted by atomic mass is 16.2. The summed E-state index contributed by atoms with van der Waals surface area (Å²) in [6, 6.07) is 12.7. The molecule has 3 rings (SSSR count). The molecule has 0 radical (unpaired) electrons. The largest absolute Gasteiger partial charge is 0.325 e. The van der Waals surface area contributed by atoms with E-state index >= 15 is 0 Å². The lowest BCUT2D eigenvalue weighted by atomic mass is 9.76. The van der Waals surface area contributed by atoms with Crippen molar-refractivity contribution in [2.24, 2.45) is 11.3 Å². The summed E-state index contributed by atoms with van der Waals surface area (Å²) in [6.07, 6.45) is 0. The smallest absolute Gasteiger partial charge is 0.238 e. The number of nitrogens with one attached hydrogen (secondary N) is 3. The van der Waals surface area contributed by atoms with Crippen LogP contribution in [-0.2, 0) is 14.4 Å². The molecule has 0 saturated carbocycles. The predicted molar refractivity (Wildman–Crippen MR) is 106 cm³/mol. The zero-order chi connectivity index (χ0) is 19.8. The molecular weight excluding hydrogens is 342 g/mol. The van der Waals surface area contributed by atoms with Gasteiger partial charge in [-0.15, -0.1) is 0 Å². The SMILES string of the molecule is Cc1cccc(C)c1NC(=O)C(C)(C)C1C(=O)Nc2ccccc2NC1=O. The number of hydrogen-bond acceptors (Lipinski definition) is 3. The molecule has 0 spiro atoms. The average molecular weight is 365 g/mol. The Morgan fingerprint density at radius 3 is 1.85 bits per heavy atom. The summed E-state index contributed by atoms with van der Waals surface area (Å²) in [6.45, 7) is 7.01. The van der Waals surface area contributed by atoms with Crippen molar-refractivity contribution in [2.75, 3.05) is 16.0 Å². The van der Waals surface area contributed by atoms with E-state index in [0.29, 0.717) is 17.1 Å². The van der Waals surface area contributed by atoms with Crippen LogP contribution in [-0.4, -0.2) is 17.7 Å². The highest BCUT2D eigenvalue weighted by molar-refractivity contribution is 6.18. The maximum atomic E-state index is 13.0. The van der Waals surface area contributed by atoms with Gasteiger partial charge in [0.25, 0.3) is 0 Å². The van der Waals surface area contributed by atoms with Crippen molar-refractivity contribution in [3.05, 3.63) is 53.6 Å². The van der Waals surface area contributed by atoms with Gasteiger partial charge in [-0.3, -0.25) is 14.4 Å². The number of aryl methyl sites for hydroxylation is 2. The van der Waals surface area contributed by atoms with Crippen LogP contribution in [0.5, 0.6) is 0 Å². The standard InChI is InChI=1S/C21H23N3O3/c1-12-8-7-9-13(2)17(12)24-20(27)21(3,4)16-18(25)22-14-10-5-6-11-15(14)23-19(16)26/h5-11,16H,1-4H3,(H,22,25)(H,23,26)(H,24,27). The number of rotatable bonds is 3. The first-order valence-corrected chi connectivity index (χ1v) is 8.80. The van der Waals surface area contributed by atoms with E-state index in [9.17, 15) is 14.4 Å². The van der Waals surface area contributed by atoms with E-state index in [1.54, 1.807) is 38.1 Å². The molecule has 1 aliphatic rings. The molecule has 3 N–H and O–H groups in total.